The molecule has 0 bridgehead atoms. The van der Waals surface area contributed by atoms with Crippen LogP contribution in [-0.4, -0.2) is 0 Å². The van der Waals surface area contributed by atoms with Gasteiger partial charge in [0.05, 0.1) is 0 Å². The third-order valence-electron chi connectivity index (χ3n) is 4.35. The lowest BCUT2D eigenvalue weighted by molar-refractivity contribution is 0.264. The molecule has 0 saturated heterocycles. The molecular formula is C17H32. The van der Waals surface area contributed by atoms with Crippen LogP contribution in [0.15, 0.2) is 11.6 Å². The third kappa shape index (κ3) is 6.29. The minimum Gasteiger partial charge on any atom is -0.0856 e. The minimum absolute atomic E-state index is 1.000. The first-order valence-corrected chi connectivity index (χ1v) is 7.94. The van der Waals surface area contributed by atoms with E-state index in [0.717, 1.165) is 11.8 Å². The van der Waals surface area contributed by atoms with Crippen LogP contribution in [0.3, 0.4) is 0 Å². The Hall–Kier alpha value is -0.260. The van der Waals surface area contributed by atoms with Gasteiger partial charge in [0, 0.05) is 0 Å². The lowest BCUT2D eigenvalue weighted by Crippen LogP contribution is -2.12. The van der Waals surface area contributed by atoms with Crippen LogP contribution in [0.25, 0.3) is 0 Å². The Morgan fingerprint density at radius 2 is 2.00 bits per heavy atom. The third-order valence-corrected chi connectivity index (χ3v) is 4.35. The first-order valence-electron chi connectivity index (χ1n) is 7.94. The van der Waals surface area contributed by atoms with Crippen LogP contribution >= 0.6 is 0 Å². The Labute approximate surface area is 109 Å². The molecule has 1 aliphatic carbocycles. The van der Waals surface area contributed by atoms with Crippen molar-refractivity contribution < 1.29 is 0 Å². The van der Waals surface area contributed by atoms with Gasteiger partial charge in [-0.3, -0.25) is 0 Å². The summed E-state index contributed by atoms with van der Waals surface area (Å²) in [7, 11) is 0. The predicted octanol–water partition coefficient (Wildman–Crippen LogP) is 6.12. The summed E-state index contributed by atoms with van der Waals surface area (Å²) in [6, 6.07) is 0. The summed E-state index contributed by atoms with van der Waals surface area (Å²) in [6.45, 7) is 6.98. The SMILES string of the molecule is CC/C=C(/CC)CCCCC1CCCC(C)C1. The molecule has 0 aromatic carbocycles. The van der Waals surface area contributed by atoms with Crippen molar-refractivity contribution >= 4 is 0 Å². The fraction of sp³-hybridized carbons (Fsp3) is 0.882. The van der Waals surface area contributed by atoms with Gasteiger partial charge in [-0.05, 0) is 43.9 Å². The number of hydrogen-bond donors (Lipinski definition) is 0. The van der Waals surface area contributed by atoms with E-state index in [4.69, 9.17) is 0 Å². The number of hydrogen-bond acceptors (Lipinski definition) is 0. The molecule has 1 fully saturated rings. The van der Waals surface area contributed by atoms with Gasteiger partial charge in [-0.15, -0.1) is 0 Å². The Kier molecular flexibility index (Phi) is 7.64. The molecule has 0 heterocycles. The lowest BCUT2D eigenvalue weighted by Gasteiger charge is -2.26. The second kappa shape index (κ2) is 8.78. The highest BCUT2D eigenvalue weighted by Crippen LogP contribution is 2.32. The monoisotopic (exact) mass is 236 g/mol. The van der Waals surface area contributed by atoms with Gasteiger partial charge in [-0.25, -0.2) is 0 Å². The van der Waals surface area contributed by atoms with E-state index in [-0.39, 0.29) is 0 Å². The maximum atomic E-state index is 2.44. The van der Waals surface area contributed by atoms with Crippen molar-refractivity contribution in [3.05, 3.63) is 11.6 Å². The Morgan fingerprint density at radius 1 is 1.18 bits per heavy atom. The average molecular weight is 236 g/mol. The molecule has 0 aromatic rings. The van der Waals surface area contributed by atoms with Crippen molar-refractivity contribution in [3.8, 4) is 0 Å². The topological polar surface area (TPSA) is 0 Å². The maximum absolute atomic E-state index is 2.44. The van der Waals surface area contributed by atoms with E-state index >= 15 is 0 Å². The van der Waals surface area contributed by atoms with Gasteiger partial charge in [0.2, 0.25) is 0 Å². The predicted molar refractivity (Wildman–Crippen MR) is 78.3 cm³/mol. The Bertz CT molecular complexity index is 214. The van der Waals surface area contributed by atoms with Gasteiger partial charge in [-0.2, -0.15) is 0 Å². The first kappa shape index (κ1) is 14.8. The fourth-order valence-corrected chi connectivity index (χ4v) is 3.32. The molecule has 2 unspecified atom stereocenters. The van der Waals surface area contributed by atoms with Crippen LogP contribution in [0.2, 0.25) is 0 Å². The van der Waals surface area contributed by atoms with E-state index in [2.05, 4.69) is 26.8 Å². The summed E-state index contributed by atoms with van der Waals surface area (Å²) in [6.07, 6.45) is 16.6. The summed E-state index contributed by atoms with van der Waals surface area (Å²) >= 11 is 0. The molecule has 0 amide bonds. The van der Waals surface area contributed by atoms with Gasteiger partial charge >= 0.3 is 0 Å². The van der Waals surface area contributed by atoms with Crippen molar-refractivity contribution in [2.24, 2.45) is 11.8 Å². The van der Waals surface area contributed by atoms with E-state index in [0.29, 0.717) is 0 Å². The molecule has 2 atom stereocenters. The van der Waals surface area contributed by atoms with E-state index in [9.17, 15) is 0 Å². The highest BCUT2D eigenvalue weighted by atomic mass is 14.2. The van der Waals surface area contributed by atoms with Gasteiger partial charge in [0.25, 0.3) is 0 Å². The van der Waals surface area contributed by atoms with E-state index in [1.54, 1.807) is 5.57 Å². The van der Waals surface area contributed by atoms with Crippen LogP contribution in [0, 0.1) is 11.8 Å². The molecule has 0 N–H and O–H groups in total. The zero-order chi connectivity index (χ0) is 12.5. The normalized spacial score (nSPS) is 26.2. The van der Waals surface area contributed by atoms with Crippen molar-refractivity contribution in [1.82, 2.24) is 0 Å². The zero-order valence-corrected chi connectivity index (χ0v) is 12.3. The van der Waals surface area contributed by atoms with Crippen LogP contribution in [-0.2, 0) is 0 Å². The Balaban J connectivity index is 2.09. The molecular weight excluding hydrogens is 204 g/mol. The molecule has 1 saturated carbocycles. The highest BCUT2D eigenvalue weighted by molar-refractivity contribution is 5.00. The molecule has 100 valence electrons. The lowest BCUT2D eigenvalue weighted by atomic mass is 9.80. The van der Waals surface area contributed by atoms with Crippen LogP contribution < -0.4 is 0 Å². The second-order valence-corrected chi connectivity index (χ2v) is 6.01. The minimum atomic E-state index is 1.000. The largest absolute Gasteiger partial charge is 0.0856 e. The molecule has 0 aromatic heterocycles. The van der Waals surface area contributed by atoms with E-state index in [1.807, 2.05) is 0 Å². The standard InChI is InChI=1S/C17H32/c1-4-9-16(5-2)11-6-7-12-17-13-8-10-15(3)14-17/h9,15,17H,4-8,10-14H2,1-3H3/b16-9-. The zero-order valence-electron chi connectivity index (χ0n) is 12.3. The molecule has 0 nitrogen and oxygen atoms in total. The van der Waals surface area contributed by atoms with Crippen molar-refractivity contribution in [2.75, 3.05) is 0 Å². The molecule has 1 rings (SSSR count). The van der Waals surface area contributed by atoms with Crippen LogP contribution in [0.1, 0.15) is 85.0 Å². The van der Waals surface area contributed by atoms with Crippen LogP contribution in [0.4, 0.5) is 0 Å². The fourth-order valence-electron chi connectivity index (χ4n) is 3.32. The highest BCUT2D eigenvalue weighted by Gasteiger charge is 2.17. The number of unbranched alkanes of at least 4 members (excludes halogenated alkanes) is 1. The maximum Gasteiger partial charge on any atom is -0.0320 e. The smallest absolute Gasteiger partial charge is 0.0320 e. The molecule has 0 radical (unpaired) electrons. The first-order chi connectivity index (χ1) is 8.26. The quantitative estimate of drug-likeness (QED) is 0.369. The summed E-state index contributed by atoms with van der Waals surface area (Å²) in [5.74, 6) is 2.05. The summed E-state index contributed by atoms with van der Waals surface area (Å²) in [5.41, 5.74) is 1.68. The van der Waals surface area contributed by atoms with E-state index < -0.39 is 0 Å². The van der Waals surface area contributed by atoms with Crippen molar-refractivity contribution in [2.45, 2.75) is 85.0 Å². The van der Waals surface area contributed by atoms with E-state index in [1.165, 1.54) is 64.2 Å². The summed E-state index contributed by atoms with van der Waals surface area (Å²) in [5, 5.41) is 0. The summed E-state index contributed by atoms with van der Waals surface area (Å²) < 4.78 is 0. The summed E-state index contributed by atoms with van der Waals surface area (Å²) in [4.78, 5) is 0. The Morgan fingerprint density at radius 3 is 2.65 bits per heavy atom. The molecule has 1 aliphatic rings. The molecule has 0 heteroatoms. The number of rotatable bonds is 7. The molecule has 0 spiro atoms. The van der Waals surface area contributed by atoms with Gasteiger partial charge in [0.15, 0.2) is 0 Å². The average Bonchev–Trinajstić information content (AvgIpc) is 2.33. The van der Waals surface area contributed by atoms with Crippen molar-refractivity contribution in [3.63, 3.8) is 0 Å². The second-order valence-electron chi connectivity index (χ2n) is 6.01. The van der Waals surface area contributed by atoms with Gasteiger partial charge in [0.1, 0.15) is 0 Å². The van der Waals surface area contributed by atoms with Crippen LogP contribution in [0.5, 0.6) is 0 Å². The molecule has 0 aliphatic heterocycles. The molecule has 17 heavy (non-hydrogen) atoms. The number of allylic oxidation sites excluding steroid dienone is 2. The van der Waals surface area contributed by atoms with Gasteiger partial charge in [-0.1, -0.05) is 64.5 Å². The van der Waals surface area contributed by atoms with Gasteiger partial charge < -0.3 is 0 Å². The van der Waals surface area contributed by atoms with Crippen molar-refractivity contribution in [1.29, 1.82) is 0 Å².